The van der Waals surface area contributed by atoms with E-state index < -0.39 is 11.3 Å². The molecular formula is C21H19NO4. The number of rotatable bonds is 6. The fraction of sp³-hybridized carbons (Fsp3) is 0.143. The van der Waals surface area contributed by atoms with Crippen LogP contribution in [0.1, 0.15) is 28.6 Å². The number of carbonyl (C=O) groups is 1. The number of anilines is 1. The maximum Gasteiger partial charge on any atom is 0.291 e. The molecule has 0 saturated carbocycles. The van der Waals surface area contributed by atoms with Crippen LogP contribution in [0, 0.1) is 0 Å². The Balaban J connectivity index is 1.70. The summed E-state index contributed by atoms with van der Waals surface area (Å²) in [5.41, 5.74) is 2.24. The average Bonchev–Trinajstić information content (AvgIpc) is 2.68. The molecule has 1 aromatic heterocycles. The lowest BCUT2D eigenvalue weighted by atomic mass is 10.1. The Kier molecular flexibility index (Phi) is 5.49. The van der Waals surface area contributed by atoms with Gasteiger partial charge in [-0.1, -0.05) is 55.5 Å². The van der Waals surface area contributed by atoms with Crippen LogP contribution < -0.4 is 15.5 Å². The number of amides is 1. The Hall–Kier alpha value is -3.34. The number of aryl methyl sites for hydroxylation is 1. The number of hydrogen-bond donors (Lipinski definition) is 1. The van der Waals surface area contributed by atoms with Crippen molar-refractivity contribution in [2.45, 2.75) is 20.0 Å². The van der Waals surface area contributed by atoms with Gasteiger partial charge in [0.05, 0.1) is 0 Å². The smallest absolute Gasteiger partial charge is 0.291 e. The maximum absolute atomic E-state index is 12.3. The molecule has 1 amide bonds. The molecule has 0 atom stereocenters. The highest BCUT2D eigenvalue weighted by atomic mass is 16.5. The summed E-state index contributed by atoms with van der Waals surface area (Å²) in [6.45, 7) is 2.25. The zero-order valence-electron chi connectivity index (χ0n) is 14.4. The van der Waals surface area contributed by atoms with Crippen LogP contribution >= 0.6 is 0 Å². The Morgan fingerprint density at radius 2 is 1.81 bits per heavy atom. The van der Waals surface area contributed by atoms with Gasteiger partial charge in [0, 0.05) is 11.8 Å². The number of nitrogens with one attached hydrogen (secondary N) is 1. The summed E-state index contributed by atoms with van der Waals surface area (Å²) in [7, 11) is 0. The number of ether oxygens (including phenoxy) is 1. The Morgan fingerprint density at radius 1 is 1.08 bits per heavy atom. The second-order valence-corrected chi connectivity index (χ2v) is 5.71. The van der Waals surface area contributed by atoms with Crippen molar-refractivity contribution in [3.05, 3.63) is 94.0 Å². The molecular weight excluding hydrogens is 330 g/mol. The molecule has 26 heavy (non-hydrogen) atoms. The molecule has 2 aromatic carbocycles. The molecule has 1 N–H and O–H groups in total. The minimum absolute atomic E-state index is 0.0621. The molecule has 3 rings (SSSR count). The van der Waals surface area contributed by atoms with Gasteiger partial charge in [0.1, 0.15) is 12.9 Å². The molecule has 0 saturated heterocycles. The molecule has 0 aliphatic rings. The van der Waals surface area contributed by atoms with Crippen LogP contribution in [0.3, 0.4) is 0 Å². The van der Waals surface area contributed by atoms with Gasteiger partial charge in [-0.2, -0.15) is 0 Å². The van der Waals surface area contributed by atoms with Gasteiger partial charge in [-0.25, -0.2) is 0 Å². The number of para-hydroxylation sites is 1. The standard InChI is InChI=1S/C21H19NO4/c1-2-16-10-6-7-11-17(16)22-21(24)19-12-18(23)20(14-26-19)25-13-15-8-4-3-5-9-15/h3-12,14H,2,13H2,1H3,(H,22,24). The molecule has 132 valence electrons. The summed E-state index contributed by atoms with van der Waals surface area (Å²) in [5, 5.41) is 2.77. The van der Waals surface area contributed by atoms with E-state index in [9.17, 15) is 9.59 Å². The predicted molar refractivity (Wildman–Crippen MR) is 99.5 cm³/mol. The lowest BCUT2D eigenvalue weighted by Gasteiger charge is -2.09. The van der Waals surface area contributed by atoms with Crippen molar-refractivity contribution in [1.82, 2.24) is 0 Å². The van der Waals surface area contributed by atoms with Gasteiger partial charge in [-0.3, -0.25) is 9.59 Å². The van der Waals surface area contributed by atoms with Crippen molar-refractivity contribution in [3.8, 4) is 5.75 Å². The molecule has 0 unspecified atom stereocenters. The van der Waals surface area contributed by atoms with Gasteiger partial charge in [0.15, 0.2) is 5.76 Å². The third kappa shape index (κ3) is 4.19. The number of benzene rings is 2. The highest BCUT2D eigenvalue weighted by Gasteiger charge is 2.13. The van der Waals surface area contributed by atoms with Crippen molar-refractivity contribution in [3.63, 3.8) is 0 Å². The third-order valence-corrected chi connectivity index (χ3v) is 3.91. The van der Waals surface area contributed by atoms with Gasteiger partial charge in [0.2, 0.25) is 11.2 Å². The van der Waals surface area contributed by atoms with Crippen LogP contribution in [0.5, 0.6) is 5.75 Å². The largest absolute Gasteiger partial charge is 0.482 e. The highest BCUT2D eigenvalue weighted by Crippen LogP contribution is 2.17. The van der Waals surface area contributed by atoms with E-state index in [0.717, 1.165) is 23.6 Å². The van der Waals surface area contributed by atoms with E-state index in [-0.39, 0.29) is 18.1 Å². The predicted octanol–water partition coefficient (Wildman–Crippen LogP) is 4.03. The van der Waals surface area contributed by atoms with E-state index in [1.165, 1.54) is 6.26 Å². The van der Waals surface area contributed by atoms with Crippen molar-refractivity contribution >= 4 is 11.6 Å². The molecule has 0 radical (unpaired) electrons. The average molecular weight is 349 g/mol. The maximum atomic E-state index is 12.3. The summed E-state index contributed by atoms with van der Waals surface area (Å²) in [5.74, 6) is -0.468. The van der Waals surface area contributed by atoms with Crippen LogP contribution in [-0.4, -0.2) is 5.91 Å². The van der Waals surface area contributed by atoms with Gasteiger partial charge in [-0.05, 0) is 23.6 Å². The molecule has 0 bridgehead atoms. The molecule has 3 aromatic rings. The minimum Gasteiger partial charge on any atom is -0.482 e. The van der Waals surface area contributed by atoms with Gasteiger partial charge >= 0.3 is 0 Å². The Labute approximate surface area is 151 Å². The van der Waals surface area contributed by atoms with Crippen molar-refractivity contribution in [2.75, 3.05) is 5.32 Å². The van der Waals surface area contributed by atoms with Crippen molar-refractivity contribution in [1.29, 1.82) is 0 Å². The quantitative estimate of drug-likeness (QED) is 0.729. The first-order chi connectivity index (χ1) is 12.7. The molecule has 0 spiro atoms. The van der Waals surface area contributed by atoms with Crippen LogP contribution in [0.15, 0.2) is 76.1 Å². The van der Waals surface area contributed by atoms with Gasteiger partial charge in [-0.15, -0.1) is 0 Å². The SMILES string of the molecule is CCc1ccccc1NC(=O)c1cc(=O)c(OCc2ccccc2)co1. The lowest BCUT2D eigenvalue weighted by molar-refractivity contribution is 0.0993. The molecule has 0 aliphatic carbocycles. The Bertz CT molecular complexity index is 947. The van der Waals surface area contributed by atoms with Gasteiger partial charge < -0.3 is 14.5 Å². The van der Waals surface area contributed by atoms with E-state index in [0.29, 0.717) is 5.69 Å². The number of carbonyl (C=O) groups excluding carboxylic acids is 1. The third-order valence-electron chi connectivity index (χ3n) is 3.91. The first-order valence-corrected chi connectivity index (χ1v) is 8.36. The second kappa shape index (κ2) is 8.16. The van der Waals surface area contributed by atoms with Crippen LogP contribution in [0.25, 0.3) is 0 Å². The van der Waals surface area contributed by atoms with E-state index in [1.807, 2.05) is 61.5 Å². The Morgan fingerprint density at radius 3 is 2.54 bits per heavy atom. The first kappa shape index (κ1) is 17.5. The summed E-state index contributed by atoms with van der Waals surface area (Å²) in [4.78, 5) is 24.5. The molecule has 0 fully saturated rings. The fourth-order valence-corrected chi connectivity index (χ4v) is 2.49. The highest BCUT2D eigenvalue weighted by molar-refractivity contribution is 6.02. The van der Waals surface area contributed by atoms with Crippen molar-refractivity contribution in [2.24, 2.45) is 0 Å². The summed E-state index contributed by atoms with van der Waals surface area (Å²) in [6, 6.07) is 18.1. The van der Waals surface area contributed by atoms with Crippen LogP contribution in [0.2, 0.25) is 0 Å². The van der Waals surface area contributed by atoms with Crippen LogP contribution in [0.4, 0.5) is 5.69 Å². The fourth-order valence-electron chi connectivity index (χ4n) is 2.49. The normalized spacial score (nSPS) is 10.3. The topological polar surface area (TPSA) is 68.5 Å². The molecule has 1 heterocycles. The first-order valence-electron chi connectivity index (χ1n) is 8.36. The zero-order chi connectivity index (χ0) is 18.4. The number of hydrogen-bond acceptors (Lipinski definition) is 4. The zero-order valence-corrected chi connectivity index (χ0v) is 14.4. The van der Waals surface area contributed by atoms with E-state index >= 15 is 0 Å². The van der Waals surface area contributed by atoms with Crippen molar-refractivity contribution < 1.29 is 13.9 Å². The summed E-state index contributed by atoms with van der Waals surface area (Å²) >= 11 is 0. The van der Waals surface area contributed by atoms with Gasteiger partial charge in [0.25, 0.3) is 5.91 Å². The molecule has 0 aliphatic heterocycles. The van der Waals surface area contributed by atoms with E-state index in [4.69, 9.17) is 9.15 Å². The van der Waals surface area contributed by atoms with Crippen LogP contribution in [-0.2, 0) is 13.0 Å². The minimum atomic E-state index is -0.474. The monoisotopic (exact) mass is 349 g/mol. The lowest BCUT2D eigenvalue weighted by Crippen LogP contribution is -2.16. The summed E-state index contributed by atoms with van der Waals surface area (Å²) in [6.07, 6.45) is 1.96. The molecule has 5 heteroatoms. The molecule has 5 nitrogen and oxygen atoms in total. The van der Waals surface area contributed by atoms with E-state index in [2.05, 4.69) is 5.32 Å². The van der Waals surface area contributed by atoms with E-state index in [1.54, 1.807) is 0 Å². The second-order valence-electron chi connectivity index (χ2n) is 5.71. The summed E-state index contributed by atoms with van der Waals surface area (Å²) < 4.78 is 10.8.